The van der Waals surface area contributed by atoms with Crippen molar-refractivity contribution in [2.24, 2.45) is 5.92 Å². The molecule has 1 nitrogen and oxygen atoms in total. The third kappa shape index (κ3) is 4.12. The normalized spacial score (nSPS) is 24.2. The Kier molecular flexibility index (Phi) is 4.24. The molecule has 1 fully saturated rings. The molecule has 1 heteroatoms. The Morgan fingerprint density at radius 2 is 1.85 bits per heavy atom. The van der Waals surface area contributed by atoms with Crippen LogP contribution in [0.1, 0.15) is 65.2 Å². The van der Waals surface area contributed by atoms with Crippen LogP contribution in [0.2, 0.25) is 0 Å². The van der Waals surface area contributed by atoms with E-state index in [1.165, 1.54) is 32.1 Å². The maximum Gasteiger partial charge on any atom is 0.0622 e. The van der Waals surface area contributed by atoms with Crippen LogP contribution in [-0.4, -0.2) is 10.7 Å². The molecular weight excluding hydrogens is 160 g/mol. The zero-order valence-electron chi connectivity index (χ0n) is 9.18. The average Bonchev–Trinajstić information content (AvgIpc) is 2.04. The Labute approximate surface area is 82.5 Å². The molecule has 1 N–H and O–H groups in total. The standard InChI is InChI=1S/C12H24O/c1-3-9-12(2,13)10-11-7-5-4-6-8-11/h11,13H,3-10H2,1-2H3. The van der Waals surface area contributed by atoms with E-state index in [-0.39, 0.29) is 0 Å². The molecule has 0 aromatic rings. The van der Waals surface area contributed by atoms with Crippen LogP contribution in [0.15, 0.2) is 0 Å². The monoisotopic (exact) mass is 184 g/mol. The fraction of sp³-hybridized carbons (Fsp3) is 1.00. The smallest absolute Gasteiger partial charge is 0.0622 e. The van der Waals surface area contributed by atoms with Crippen molar-refractivity contribution in [3.05, 3.63) is 0 Å². The van der Waals surface area contributed by atoms with E-state index in [0.29, 0.717) is 0 Å². The molecule has 0 aromatic heterocycles. The molecule has 1 atom stereocenters. The van der Waals surface area contributed by atoms with Crippen molar-refractivity contribution in [1.82, 2.24) is 0 Å². The highest BCUT2D eigenvalue weighted by Gasteiger charge is 2.25. The van der Waals surface area contributed by atoms with Gasteiger partial charge < -0.3 is 5.11 Å². The van der Waals surface area contributed by atoms with Gasteiger partial charge in [-0.25, -0.2) is 0 Å². The molecule has 1 saturated carbocycles. The van der Waals surface area contributed by atoms with Gasteiger partial charge in [0.25, 0.3) is 0 Å². The van der Waals surface area contributed by atoms with Gasteiger partial charge in [0.05, 0.1) is 5.60 Å². The van der Waals surface area contributed by atoms with E-state index >= 15 is 0 Å². The second kappa shape index (κ2) is 4.99. The van der Waals surface area contributed by atoms with Gasteiger partial charge in [-0.2, -0.15) is 0 Å². The molecule has 0 heterocycles. The Morgan fingerprint density at radius 1 is 1.23 bits per heavy atom. The lowest BCUT2D eigenvalue weighted by atomic mass is 9.80. The Hall–Kier alpha value is -0.0400. The predicted molar refractivity (Wildman–Crippen MR) is 56.7 cm³/mol. The summed E-state index contributed by atoms with van der Waals surface area (Å²) in [5.41, 5.74) is -0.392. The first-order valence-corrected chi connectivity index (χ1v) is 5.86. The summed E-state index contributed by atoms with van der Waals surface area (Å²) in [6, 6.07) is 0. The van der Waals surface area contributed by atoms with E-state index in [1.807, 2.05) is 6.92 Å². The summed E-state index contributed by atoms with van der Waals surface area (Å²) < 4.78 is 0. The molecular formula is C12H24O. The molecule has 1 unspecified atom stereocenters. The minimum atomic E-state index is -0.392. The van der Waals surface area contributed by atoms with Crippen LogP contribution in [0, 0.1) is 5.92 Å². The number of rotatable bonds is 4. The summed E-state index contributed by atoms with van der Waals surface area (Å²) in [4.78, 5) is 0. The zero-order valence-corrected chi connectivity index (χ0v) is 9.18. The third-order valence-corrected chi connectivity index (χ3v) is 3.24. The fourth-order valence-corrected chi connectivity index (χ4v) is 2.65. The molecule has 1 rings (SSSR count). The van der Waals surface area contributed by atoms with Crippen molar-refractivity contribution in [3.8, 4) is 0 Å². The lowest BCUT2D eigenvalue weighted by Gasteiger charge is -2.30. The first-order chi connectivity index (χ1) is 6.14. The van der Waals surface area contributed by atoms with Gasteiger partial charge in [-0.1, -0.05) is 45.4 Å². The molecule has 78 valence electrons. The minimum Gasteiger partial charge on any atom is -0.390 e. The van der Waals surface area contributed by atoms with E-state index in [9.17, 15) is 5.11 Å². The summed E-state index contributed by atoms with van der Waals surface area (Å²) in [7, 11) is 0. The van der Waals surface area contributed by atoms with Gasteiger partial charge in [0.15, 0.2) is 0 Å². The van der Waals surface area contributed by atoms with Gasteiger partial charge in [0, 0.05) is 0 Å². The van der Waals surface area contributed by atoms with Crippen molar-refractivity contribution in [3.63, 3.8) is 0 Å². The molecule has 0 radical (unpaired) electrons. The lowest BCUT2D eigenvalue weighted by molar-refractivity contribution is 0.0190. The van der Waals surface area contributed by atoms with Crippen molar-refractivity contribution in [1.29, 1.82) is 0 Å². The summed E-state index contributed by atoms with van der Waals surface area (Å²) >= 11 is 0. The molecule has 1 aliphatic rings. The summed E-state index contributed by atoms with van der Waals surface area (Å²) in [6.07, 6.45) is 9.95. The highest BCUT2D eigenvalue weighted by molar-refractivity contribution is 4.78. The van der Waals surface area contributed by atoms with Crippen LogP contribution in [0.4, 0.5) is 0 Å². The second-order valence-corrected chi connectivity index (χ2v) is 4.96. The van der Waals surface area contributed by atoms with E-state index in [2.05, 4.69) is 6.92 Å². The molecule has 0 bridgehead atoms. The van der Waals surface area contributed by atoms with Crippen molar-refractivity contribution in [2.45, 2.75) is 70.8 Å². The molecule has 0 amide bonds. The van der Waals surface area contributed by atoms with E-state index in [4.69, 9.17) is 0 Å². The van der Waals surface area contributed by atoms with Crippen molar-refractivity contribution in [2.75, 3.05) is 0 Å². The first kappa shape index (κ1) is 11.0. The van der Waals surface area contributed by atoms with Gasteiger partial charge in [-0.15, -0.1) is 0 Å². The maximum absolute atomic E-state index is 10.1. The zero-order chi connectivity index (χ0) is 9.73. The topological polar surface area (TPSA) is 20.2 Å². The van der Waals surface area contributed by atoms with E-state index in [0.717, 1.165) is 25.2 Å². The first-order valence-electron chi connectivity index (χ1n) is 5.86. The summed E-state index contributed by atoms with van der Waals surface area (Å²) in [5.74, 6) is 0.801. The number of aliphatic hydroxyl groups is 1. The van der Waals surface area contributed by atoms with Crippen LogP contribution in [0.25, 0.3) is 0 Å². The predicted octanol–water partition coefficient (Wildman–Crippen LogP) is 3.51. The maximum atomic E-state index is 10.1. The SMILES string of the molecule is CCCC(C)(O)CC1CCCCC1. The van der Waals surface area contributed by atoms with Gasteiger partial charge in [0.1, 0.15) is 0 Å². The van der Waals surface area contributed by atoms with Gasteiger partial charge in [-0.3, -0.25) is 0 Å². The Bertz CT molecular complexity index is 134. The second-order valence-electron chi connectivity index (χ2n) is 4.96. The molecule has 13 heavy (non-hydrogen) atoms. The summed E-state index contributed by atoms with van der Waals surface area (Å²) in [5, 5.41) is 10.1. The van der Waals surface area contributed by atoms with Crippen LogP contribution in [0.5, 0.6) is 0 Å². The highest BCUT2D eigenvalue weighted by atomic mass is 16.3. The van der Waals surface area contributed by atoms with Crippen molar-refractivity contribution >= 4 is 0 Å². The van der Waals surface area contributed by atoms with Gasteiger partial charge in [0.2, 0.25) is 0 Å². The number of hydrogen-bond donors (Lipinski definition) is 1. The van der Waals surface area contributed by atoms with Crippen LogP contribution >= 0.6 is 0 Å². The Balaban J connectivity index is 2.28. The summed E-state index contributed by atoms with van der Waals surface area (Å²) in [6.45, 7) is 4.15. The van der Waals surface area contributed by atoms with E-state index in [1.54, 1.807) is 0 Å². The van der Waals surface area contributed by atoms with Gasteiger partial charge in [-0.05, 0) is 25.7 Å². The molecule has 0 aromatic carbocycles. The highest BCUT2D eigenvalue weighted by Crippen LogP contribution is 2.32. The largest absolute Gasteiger partial charge is 0.390 e. The van der Waals surface area contributed by atoms with Crippen LogP contribution in [-0.2, 0) is 0 Å². The molecule has 0 saturated heterocycles. The third-order valence-electron chi connectivity index (χ3n) is 3.24. The molecule has 1 aliphatic carbocycles. The van der Waals surface area contributed by atoms with E-state index < -0.39 is 5.60 Å². The average molecular weight is 184 g/mol. The van der Waals surface area contributed by atoms with Crippen molar-refractivity contribution < 1.29 is 5.11 Å². The minimum absolute atomic E-state index is 0.392. The Morgan fingerprint density at radius 3 is 2.38 bits per heavy atom. The van der Waals surface area contributed by atoms with Crippen LogP contribution in [0.3, 0.4) is 0 Å². The lowest BCUT2D eigenvalue weighted by Crippen LogP contribution is -2.28. The molecule has 0 spiro atoms. The molecule has 0 aliphatic heterocycles. The van der Waals surface area contributed by atoms with Crippen LogP contribution < -0.4 is 0 Å². The number of hydrogen-bond acceptors (Lipinski definition) is 1. The van der Waals surface area contributed by atoms with Gasteiger partial charge >= 0.3 is 0 Å². The fourth-order valence-electron chi connectivity index (χ4n) is 2.65. The quantitative estimate of drug-likeness (QED) is 0.709.